The maximum atomic E-state index is 14.5. The summed E-state index contributed by atoms with van der Waals surface area (Å²) >= 11 is 0. The van der Waals surface area contributed by atoms with Crippen molar-refractivity contribution in [1.82, 2.24) is 4.98 Å². The molecule has 0 amide bonds. The minimum Gasteiger partial charge on any atom is -0.398 e. The van der Waals surface area contributed by atoms with E-state index in [4.69, 9.17) is 5.73 Å². The van der Waals surface area contributed by atoms with Crippen LogP contribution in [0, 0.1) is 5.82 Å². The van der Waals surface area contributed by atoms with Gasteiger partial charge in [-0.05, 0) is 37.5 Å². The number of pyridine rings is 1. The molecule has 3 nitrogen and oxygen atoms in total. The van der Waals surface area contributed by atoms with Gasteiger partial charge in [0.1, 0.15) is 5.69 Å². The number of hydrogen-bond acceptors (Lipinski definition) is 3. The highest BCUT2D eigenvalue weighted by molar-refractivity contribution is 5.99. The maximum Gasteiger partial charge on any atom is 0.150 e. The molecule has 3 rings (SSSR count). The maximum absolute atomic E-state index is 14.5. The van der Waals surface area contributed by atoms with E-state index in [1.54, 1.807) is 6.20 Å². The molecule has 4 heteroatoms. The van der Waals surface area contributed by atoms with Crippen molar-refractivity contribution in [2.75, 3.05) is 17.2 Å². The third-order valence-electron chi connectivity index (χ3n) is 3.88. The van der Waals surface area contributed by atoms with Gasteiger partial charge in [-0.15, -0.1) is 0 Å². The first-order valence-corrected chi connectivity index (χ1v) is 7.31. The van der Waals surface area contributed by atoms with Crippen LogP contribution in [0.4, 0.5) is 15.8 Å². The van der Waals surface area contributed by atoms with Crippen LogP contribution < -0.4 is 10.6 Å². The molecule has 0 radical (unpaired) electrons. The minimum atomic E-state index is -0.253. The molecule has 0 aliphatic heterocycles. The third-order valence-corrected chi connectivity index (χ3v) is 3.88. The van der Waals surface area contributed by atoms with Crippen LogP contribution in [0.2, 0.25) is 0 Å². The number of hydrogen-bond donors (Lipinski definition) is 1. The average Bonchev–Trinajstić information content (AvgIpc) is 3.27. The zero-order valence-electron chi connectivity index (χ0n) is 11.8. The molecule has 0 unspecified atom stereocenters. The number of halogens is 1. The van der Waals surface area contributed by atoms with Gasteiger partial charge in [-0.3, -0.25) is 4.98 Å². The van der Waals surface area contributed by atoms with Crippen LogP contribution in [0.15, 0.2) is 24.4 Å². The molecule has 1 saturated carbocycles. The van der Waals surface area contributed by atoms with E-state index in [-0.39, 0.29) is 5.82 Å². The Labute approximate surface area is 118 Å². The summed E-state index contributed by atoms with van der Waals surface area (Å²) in [6.07, 6.45) is 6.15. The van der Waals surface area contributed by atoms with E-state index in [0.717, 1.165) is 37.6 Å². The van der Waals surface area contributed by atoms with Gasteiger partial charge in [-0.1, -0.05) is 13.3 Å². The number of anilines is 2. The van der Waals surface area contributed by atoms with Crippen LogP contribution in [0.25, 0.3) is 10.9 Å². The largest absolute Gasteiger partial charge is 0.398 e. The number of nitrogens with zero attached hydrogens (tertiary/aromatic N) is 2. The predicted octanol–water partition coefficient (Wildman–Crippen LogP) is 3.73. The Morgan fingerprint density at radius 2 is 2.25 bits per heavy atom. The highest BCUT2D eigenvalue weighted by atomic mass is 19.1. The lowest BCUT2D eigenvalue weighted by Gasteiger charge is -2.26. The van der Waals surface area contributed by atoms with Crippen LogP contribution >= 0.6 is 0 Å². The Balaban J connectivity index is 2.13. The normalized spacial score (nSPS) is 14.7. The lowest BCUT2D eigenvalue weighted by Crippen LogP contribution is -2.28. The summed E-state index contributed by atoms with van der Waals surface area (Å²) in [7, 11) is 0. The Morgan fingerprint density at radius 1 is 1.45 bits per heavy atom. The van der Waals surface area contributed by atoms with Crippen molar-refractivity contribution in [3.63, 3.8) is 0 Å². The molecule has 1 fully saturated rings. The summed E-state index contributed by atoms with van der Waals surface area (Å²) in [6.45, 7) is 3.04. The molecule has 0 atom stereocenters. The van der Waals surface area contributed by atoms with Crippen molar-refractivity contribution in [2.45, 2.75) is 38.6 Å². The van der Waals surface area contributed by atoms with Gasteiger partial charge in [0.05, 0.1) is 5.52 Å². The molecule has 1 aliphatic carbocycles. The molecule has 2 aromatic rings. The van der Waals surface area contributed by atoms with Crippen LogP contribution in [-0.4, -0.2) is 17.6 Å². The molecule has 2 N–H and O–H groups in total. The van der Waals surface area contributed by atoms with Gasteiger partial charge in [-0.25, -0.2) is 4.39 Å². The minimum absolute atomic E-state index is 0.253. The zero-order chi connectivity index (χ0) is 14.1. The summed E-state index contributed by atoms with van der Waals surface area (Å²) < 4.78 is 14.5. The van der Waals surface area contributed by atoms with Crippen LogP contribution in [0.5, 0.6) is 0 Å². The Hall–Kier alpha value is -1.84. The average molecular weight is 273 g/mol. The van der Waals surface area contributed by atoms with E-state index in [1.807, 2.05) is 12.1 Å². The molecule has 1 aromatic heterocycles. The van der Waals surface area contributed by atoms with Gasteiger partial charge in [0.2, 0.25) is 0 Å². The van der Waals surface area contributed by atoms with Gasteiger partial charge in [0.15, 0.2) is 5.82 Å². The van der Waals surface area contributed by atoms with E-state index < -0.39 is 0 Å². The van der Waals surface area contributed by atoms with Crippen molar-refractivity contribution in [3.8, 4) is 0 Å². The fraction of sp³-hybridized carbons (Fsp3) is 0.438. The number of rotatable bonds is 5. The summed E-state index contributed by atoms with van der Waals surface area (Å²) in [5, 5.41) is 0.839. The van der Waals surface area contributed by atoms with E-state index in [1.165, 1.54) is 6.07 Å². The molecule has 1 heterocycles. The van der Waals surface area contributed by atoms with Gasteiger partial charge < -0.3 is 10.6 Å². The van der Waals surface area contributed by atoms with E-state index >= 15 is 0 Å². The number of fused-ring (bicyclic) bond motifs is 1. The van der Waals surface area contributed by atoms with E-state index in [9.17, 15) is 4.39 Å². The van der Waals surface area contributed by atoms with Gasteiger partial charge in [-0.2, -0.15) is 0 Å². The van der Waals surface area contributed by atoms with Crippen LogP contribution in [-0.2, 0) is 0 Å². The first-order chi connectivity index (χ1) is 9.72. The lowest BCUT2D eigenvalue weighted by atomic mass is 10.1. The van der Waals surface area contributed by atoms with Crippen molar-refractivity contribution >= 4 is 22.3 Å². The number of nitrogen functional groups attached to an aromatic ring is 1. The second-order valence-corrected chi connectivity index (χ2v) is 5.47. The third kappa shape index (κ3) is 2.30. The first-order valence-electron chi connectivity index (χ1n) is 7.31. The molecule has 106 valence electrons. The molecule has 20 heavy (non-hydrogen) atoms. The second-order valence-electron chi connectivity index (χ2n) is 5.47. The van der Waals surface area contributed by atoms with Crippen LogP contribution in [0.1, 0.15) is 32.6 Å². The quantitative estimate of drug-likeness (QED) is 0.844. The fourth-order valence-electron chi connectivity index (χ4n) is 2.69. The standard InChI is InChI=1S/C16H20FN3/c1-2-3-9-20(11-6-7-11)16-13(17)10-14(18)12-5-4-8-19-15(12)16/h4-5,8,10-11H,2-3,6-7,9,18H2,1H3. The number of unbranched alkanes of at least 4 members (excludes halogenated alkanes) is 1. The molecule has 1 aromatic carbocycles. The summed E-state index contributed by atoms with van der Waals surface area (Å²) in [5.74, 6) is -0.253. The molecule has 0 saturated heterocycles. The van der Waals surface area contributed by atoms with Gasteiger partial charge in [0.25, 0.3) is 0 Å². The highest BCUT2D eigenvalue weighted by Crippen LogP contribution is 2.38. The smallest absolute Gasteiger partial charge is 0.150 e. The Morgan fingerprint density at radius 3 is 2.95 bits per heavy atom. The molecular formula is C16H20FN3. The Kier molecular flexibility index (Phi) is 3.47. The van der Waals surface area contributed by atoms with Crippen molar-refractivity contribution in [2.24, 2.45) is 0 Å². The molecule has 0 bridgehead atoms. The van der Waals surface area contributed by atoms with Gasteiger partial charge >= 0.3 is 0 Å². The second kappa shape index (κ2) is 5.27. The monoisotopic (exact) mass is 273 g/mol. The number of benzene rings is 1. The molecular weight excluding hydrogens is 253 g/mol. The highest BCUT2D eigenvalue weighted by Gasteiger charge is 2.32. The SMILES string of the molecule is CCCCN(c1c(F)cc(N)c2cccnc12)C1CC1. The number of aromatic nitrogens is 1. The fourth-order valence-corrected chi connectivity index (χ4v) is 2.69. The van der Waals surface area contributed by atoms with Gasteiger partial charge in [0, 0.05) is 29.9 Å². The number of nitrogens with two attached hydrogens (primary N) is 1. The van der Waals surface area contributed by atoms with Crippen molar-refractivity contribution in [1.29, 1.82) is 0 Å². The van der Waals surface area contributed by atoms with E-state index in [0.29, 0.717) is 22.9 Å². The summed E-state index contributed by atoms with van der Waals surface area (Å²) in [4.78, 5) is 6.57. The zero-order valence-corrected chi connectivity index (χ0v) is 11.8. The van der Waals surface area contributed by atoms with Crippen LogP contribution in [0.3, 0.4) is 0 Å². The first kappa shape index (κ1) is 13.2. The molecule has 0 spiro atoms. The van der Waals surface area contributed by atoms with Crippen molar-refractivity contribution < 1.29 is 4.39 Å². The van der Waals surface area contributed by atoms with Crippen molar-refractivity contribution in [3.05, 3.63) is 30.2 Å². The summed E-state index contributed by atoms with van der Waals surface area (Å²) in [6, 6.07) is 5.64. The summed E-state index contributed by atoms with van der Waals surface area (Å²) in [5.41, 5.74) is 7.70. The topological polar surface area (TPSA) is 42.1 Å². The lowest BCUT2D eigenvalue weighted by molar-refractivity contribution is 0.612. The molecule has 1 aliphatic rings. The predicted molar refractivity (Wildman–Crippen MR) is 81.4 cm³/mol. The Bertz CT molecular complexity index is 622. The van der Waals surface area contributed by atoms with E-state index in [2.05, 4.69) is 16.8 Å².